The van der Waals surface area contributed by atoms with Crippen LogP contribution < -0.4 is 0 Å². The molecule has 1 aliphatic rings. The van der Waals surface area contributed by atoms with Gasteiger partial charge in [-0.3, -0.25) is 4.79 Å². The van der Waals surface area contributed by atoms with Crippen molar-refractivity contribution in [2.45, 2.75) is 25.8 Å². The summed E-state index contributed by atoms with van der Waals surface area (Å²) in [6, 6.07) is -0.596. The van der Waals surface area contributed by atoms with Gasteiger partial charge in [-0.2, -0.15) is 11.8 Å². The van der Waals surface area contributed by atoms with Gasteiger partial charge in [0.05, 0.1) is 0 Å². The summed E-state index contributed by atoms with van der Waals surface area (Å²) in [6.07, 6.45) is 3.34. The predicted octanol–water partition coefficient (Wildman–Crippen LogP) is 1.06. The Bertz CT molecular complexity index is 257. The summed E-state index contributed by atoms with van der Waals surface area (Å²) >= 11 is 1.61. The maximum absolute atomic E-state index is 11.9. The average molecular weight is 231 g/mol. The fourth-order valence-corrected chi connectivity index (χ4v) is 2.53. The van der Waals surface area contributed by atoms with Crippen LogP contribution in [0.3, 0.4) is 0 Å². The Kier molecular flexibility index (Phi) is 4.45. The zero-order valence-corrected chi connectivity index (χ0v) is 9.92. The second-order valence-electron chi connectivity index (χ2n) is 3.88. The minimum absolute atomic E-state index is 0.0192. The molecule has 1 fully saturated rings. The van der Waals surface area contributed by atoms with Crippen LogP contribution in [0.15, 0.2) is 0 Å². The van der Waals surface area contributed by atoms with Crippen LogP contribution in [-0.4, -0.2) is 46.5 Å². The molecule has 0 bridgehead atoms. The summed E-state index contributed by atoms with van der Waals surface area (Å²) in [6.45, 7) is 2.45. The molecule has 1 heterocycles. The first-order chi connectivity index (χ1) is 7.07. The van der Waals surface area contributed by atoms with E-state index in [2.05, 4.69) is 0 Å². The predicted molar refractivity (Wildman–Crippen MR) is 59.9 cm³/mol. The molecular formula is C10H17NO3S. The van der Waals surface area contributed by atoms with E-state index in [4.69, 9.17) is 5.11 Å². The first-order valence-electron chi connectivity index (χ1n) is 5.10. The van der Waals surface area contributed by atoms with Crippen LogP contribution in [0, 0.1) is 5.92 Å². The van der Waals surface area contributed by atoms with Gasteiger partial charge in [0.15, 0.2) is 0 Å². The van der Waals surface area contributed by atoms with Crippen molar-refractivity contribution in [2.24, 2.45) is 5.92 Å². The van der Waals surface area contributed by atoms with Gasteiger partial charge in [-0.05, 0) is 19.1 Å². The van der Waals surface area contributed by atoms with Crippen LogP contribution in [0.2, 0.25) is 0 Å². The number of nitrogens with zero attached hydrogens (tertiary/aromatic N) is 1. The number of likely N-dealkylation sites (tertiary alicyclic amines) is 1. The highest BCUT2D eigenvalue weighted by molar-refractivity contribution is 7.98. The first-order valence-corrected chi connectivity index (χ1v) is 6.49. The molecule has 1 unspecified atom stereocenters. The Morgan fingerprint density at radius 3 is 2.80 bits per heavy atom. The third-order valence-corrected chi connectivity index (χ3v) is 3.49. The largest absolute Gasteiger partial charge is 0.480 e. The standard InChI is InChI=1S/C10H17NO3S/c1-7(6-15-2)9(12)11-5-3-4-8(11)10(13)14/h7-8H,3-6H2,1-2H3,(H,13,14)/t7-,8?/m1/s1. The lowest BCUT2D eigenvalue weighted by Crippen LogP contribution is -2.43. The van der Waals surface area contributed by atoms with Gasteiger partial charge in [-0.1, -0.05) is 6.92 Å². The van der Waals surface area contributed by atoms with E-state index in [1.807, 2.05) is 13.2 Å². The van der Waals surface area contributed by atoms with Gasteiger partial charge in [0.1, 0.15) is 6.04 Å². The smallest absolute Gasteiger partial charge is 0.326 e. The Hall–Kier alpha value is -0.710. The van der Waals surface area contributed by atoms with Gasteiger partial charge in [0.25, 0.3) is 0 Å². The quantitative estimate of drug-likeness (QED) is 0.786. The monoisotopic (exact) mass is 231 g/mol. The minimum Gasteiger partial charge on any atom is -0.480 e. The van der Waals surface area contributed by atoms with Crippen molar-refractivity contribution in [3.63, 3.8) is 0 Å². The maximum Gasteiger partial charge on any atom is 0.326 e. The van der Waals surface area contributed by atoms with Crippen molar-refractivity contribution < 1.29 is 14.7 Å². The second-order valence-corrected chi connectivity index (χ2v) is 4.79. The summed E-state index contributed by atoms with van der Waals surface area (Å²) in [5.41, 5.74) is 0. The molecule has 15 heavy (non-hydrogen) atoms. The van der Waals surface area contributed by atoms with Gasteiger partial charge < -0.3 is 10.0 Å². The summed E-state index contributed by atoms with van der Waals surface area (Å²) < 4.78 is 0. The number of rotatable bonds is 4. The van der Waals surface area contributed by atoms with Crippen LogP contribution in [-0.2, 0) is 9.59 Å². The molecule has 5 heteroatoms. The zero-order chi connectivity index (χ0) is 11.4. The molecule has 1 rings (SSSR count). The Labute approximate surface area is 94.0 Å². The van der Waals surface area contributed by atoms with Crippen molar-refractivity contribution in [3.05, 3.63) is 0 Å². The maximum atomic E-state index is 11.9. The van der Waals surface area contributed by atoms with E-state index in [-0.39, 0.29) is 11.8 Å². The van der Waals surface area contributed by atoms with Gasteiger partial charge in [0.2, 0.25) is 5.91 Å². The summed E-state index contributed by atoms with van der Waals surface area (Å²) in [5, 5.41) is 8.95. The van der Waals surface area contributed by atoms with E-state index < -0.39 is 12.0 Å². The van der Waals surface area contributed by atoms with E-state index in [0.717, 1.165) is 12.2 Å². The van der Waals surface area contributed by atoms with E-state index in [9.17, 15) is 9.59 Å². The third kappa shape index (κ3) is 2.87. The number of thioether (sulfide) groups is 1. The summed E-state index contributed by atoms with van der Waals surface area (Å²) in [4.78, 5) is 24.3. The fourth-order valence-electron chi connectivity index (χ4n) is 1.89. The normalized spacial score (nSPS) is 22.8. The molecule has 86 valence electrons. The molecule has 0 spiro atoms. The molecule has 1 saturated heterocycles. The highest BCUT2D eigenvalue weighted by Crippen LogP contribution is 2.21. The molecule has 2 atom stereocenters. The highest BCUT2D eigenvalue weighted by atomic mass is 32.2. The molecule has 0 aromatic rings. The Morgan fingerprint density at radius 2 is 2.27 bits per heavy atom. The van der Waals surface area contributed by atoms with Crippen LogP contribution in [0.25, 0.3) is 0 Å². The first kappa shape index (κ1) is 12.4. The lowest BCUT2D eigenvalue weighted by atomic mass is 10.1. The number of aliphatic carboxylic acids is 1. The van der Waals surface area contributed by atoms with Gasteiger partial charge >= 0.3 is 5.97 Å². The molecule has 1 aliphatic heterocycles. The Balaban J connectivity index is 2.62. The summed E-state index contributed by atoms with van der Waals surface area (Å²) in [7, 11) is 0. The molecular weight excluding hydrogens is 214 g/mol. The number of carboxylic acid groups (broad SMARTS) is 1. The number of carbonyl (C=O) groups is 2. The lowest BCUT2D eigenvalue weighted by molar-refractivity contribution is -0.149. The molecule has 4 nitrogen and oxygen atoms in total. The SMILES string of the molecule is CSC[C@@H](C)C(=O)N1CCCC1C(=O)O. The van der Waals surface area contributed by atoms with Crippen LogP contribution in [0.4, 0.5) is 0 Å². The van der Waals surface area contributed by atoms with Crippen LogP contribution in [0.5, 0.6) is 0 Å². The van der Waals surface area contributed by atoms with Crippen molar-refractivity contribution in [1.82, 2.24) is 4.90 Å². The Morgan fingerprint density at radius 1 is 1.60 bits per heavy atom. The molecule has 0 aromatic carbocycles. The summed E-state index contributed by atoms with van der Waals surface area (Å²) in [5.74, 6) is -0.229. The molecule has 0 aromatic heterocycles. The lowest BCUT2D eigenvalue weighted by Gasteiger charge is -2.24. The van der Waals surface area contributed by atoms with E-state index in [0.29, 0.717) is 13.0 Å². The molecule has 0 radical (unpaired) electrons. The number of carboxylic acids is 1. The minimum atomic E-state index is -0.878. The van der Waals surface area contributed by atoms with Crippen LogP contribution >= 0.6 is 11.8 Å². The second kappa shape index (κ2) is 5.39. The van der Waals surface area contributed by atoms with E-state index in [1.165, 1.54) is 4.90 Å². The van der Waals surface area contributed by atoms with Gasteiger partial charge in [0, 0.05) is 18.2 Å². The van der Waals surface area contributed by atoms with Crippen molar-refractivity contribution >= 4 is 23.6 Å². The fraction of sp³-hybridized carbons (Fsp3) is 0.800. The van der Waals surface area contributed by atoms with Gasteiger partial charge in [-0.15, -0.1) is 0 Å². The van der Waals surface area contributed by atoms with Crippen molar-refractivity contribution in [3.8, 4) is 0 Å². The number of carbonyl (C=O) groups excluding carboxylic acids is 1. The molecule has 1 amide bonds. The molecule has 1 N–H and O–H groups in total. The number of hydrogen-bond donors (Lipinski definition) is 1. The third-order valence-electron chi connectivity index (χ3n) is 2.66. The van der Waals surface area contributed by atoms with Crippen molar-refractivity contribution in [2.75, 3.05) is 18.6 Å². The number of amides is 1. The van der Waals surface area contributed by atoms with Crippen LogP contribution in [0.1, 0.15) is 19.8 Å². The van der Waals surface area contributed by atoms with E-state index in [1.54, 1.807) is 11.8 Å². The number of hydrogen-bond acceptors (Lipinski definition) is 3. The zero-order valence-electron chi connectivity index (χ0n) is 9.10. The average Bonchev–Trinajstić information content (AvgIpc) is 2.65. The molecule has 0 aliphatic carbocycles. The topological polar surface area (TPSA) is 57.6 Å². The van der Waals surface area contributed by atoms with Gasteiger partial charge in [-0.25, -0.2) is 4.79 Å². The van der Waals surface area contributed by atoms with E-state index >= 15 is 0 Å². The molecule has 0 saturated carbocycles. The van der Waals surface area contributed by atoms with Crippen molar-refractivity contribution in [1.29, 1.82) is 0 Å². The highest BCUT2D eigenvalue weighted by Gasteiger charge is 2.35.